The molecule has 0 bridgehead atoms. The van der Waals surface area contributed by atoms with Crippen molar-refractivity contribution in [2.75, 3.05) is 47.0 Å². The number of Topliss-reactive ketones (excluding diaryl/α,β-unsaturated/α-hetero) is 1. The number of hydrogen-bond donors (Lipinski definition) is 1. The Bertz CT molecular complexity index is 1140. The summed E-state index contributed by atoms with van der Waals surface area (Å²) in [7, 11) is 3.11. The van der Waals surface area contributed by atoms with Crippen molar-refractivity contribution < 1.29 is 28.9 Å². The molecule has 0 aromatic heterocycles. The van der Waals surface area contributed by atoms with Gasteiger partial charge < -0.3 is 29.1 Å². The second kappa shape index (κ2) is 11.9. The van der Waals surface area contributed by atoms with E-state index in [1.165, 1.54) is 4.90 Å². The van der Waals surface area contributed by atoms with Gasteiger partial charge in [-0.25, -0.2) is 0 Å². The van der Waals surface area contributed by atoms with Crippen molar-refractivity contribution >= 4 is 17.4 Å². The van der Waals surface area contributed by atoms with Crippen LogP contribution < -0.4 is 14.2 Å². The van der Waals surface area contributed by atoms with Crippen LogP contribution in [0.2, 0.25) is 0 Å². The van der Waals surface area contributed by atoms with Gasteiger partial charge >= 0.3 is 0 Å². The minimum Gasteiger partial charge on any atom is -0.507 e. The van der Waals surface area contributed by atoms with Crippen molar-refractivity contribution in [3.63, 3.8) is 0 Å². The fourth-order valence-corrected chi connectivity index (χ4v) is 4.56. The molecule has 1 saturated heterocycles. The van der Waals surface area contributed by atoms with Gasteiger partial charge in [0, 0.05) is 18.7 Å². The molecule has 2 aromatic carbocycles. The van der Waals surface area contributed by atoms with E-state index in [1.54, 1.807) is 50.6 Å². The number of nitrogens with zero attached hydrogens (tertiary/aromatic N) is 2. The Hall–Kier alpha value is -3.52. The molecule has 1 N–H and O–H groups in total. The summed E-state index contributed by atoms with van der Waals surface area (Å²) in [5.74, 6) is 0.157. The number of rotatable bonds is 11. The van der Waals surface area contributed by atoms with Crippen molar-refractivity contribution in [3.8, 4) is 17.2 Å². The van der Waals surface area contributed by atoms with Crippen LogP contribution in [-0.4, -0.2) is 73.6 Å². The molecule has 36 heavy (non-hydrogen) atoms. The summed E-state index contributed by atoms with van der Waals surface area (Å²) in [4.78, 5) is 30.3. The third kappa shape index (κ3) is 5.33. The van der Waals surface area contributed by atoms with E-state index in [-0.39, 0.29) is 11.3 Å². The highest BCUT2D eigenvalue weighted by molar-refractivity contribution is 6.46. The molecule has 0 spiro atoms. The van der Waals surface area contributed by atoms with E-state index in [9.17, 15) is 14.7 Å². The molecule has 0 radical (unpaired) electrons. The van der Waals surface area contributed by atoms with E-state index in [0.29, 0.717) is 48.1 Å². The second-order valence-corrected chi connectivity index (χ2v) is 8.55. The largest absolute Gasteiger partial charge is 0.507 e. The fourth-order valence-electron chi connectivity index (χ4n) is 4.56. The quantitative estimate of drug-likeness (QED) is 0.284. The molecule has 8 heteroatoms. The minimum absolute atomic E-state index is 0.0512. The van der Waals surface area contributed by atoms with Gasteiger partial charge in [-0.3, -0.25) is 9.59 Å². The lowest BCUT2D eigenvalue weighted by molar-refractivity contribution is -0.140. The third-order valence-corrected chi connectivity index (χ3v) is 6.56. The van der Waals surface area contributed by atoms with E-state index in [4.69, 9.17) is 14.2 Å². The van der Waals surface area contributed by atoms with Crippen LogP contribution >= 0.6 is 0 Å². The Labute approximate surface area is 213 Å². The van der Waals surface area contributed by atoms with E-state index in [1.807, 2.05) is 13.8 Å². The summed E-state index contributed by atoms with van der Waals surface area (Å²) in [5, 5.41) is 11.4. The lowest BCUT2D eigenvalue weighted by Gasteiger charge is -2.28. The van der Waals surface area contributed by atoms with Gasteiger partial charge in [-0.1, -0.05) is 19.9 Å². The zero-order valence-electron chi connectivity index (χ0n) is 22.0. The summed E-state index contributed by atoms with van der Waals surface area (Å²) in [6.45, 7) is 10.9. The molecular formula is C28H36N2O6. The van der Waals surface area contributed by atoms with Gasteiger partial charge in [0.25, 0.3) is 11.7 Å². The number of methoxy groups -OCH3 is 2. The molecule has 1 heterocycles. The zero-order chi connectivity index (χ0) is 26.4. The lowest BCUT2D eigenvalue weighted by Crippen LogP contribution is -2.38. The summed E-state index contributed by atoms with van der Waals surface area (Å²) >= 11 is 0. The number of benzene rings is 2. The van der Waals surface area contributed by atoms with Crippen LogP contribution in [0.4, 0.5) is 0 Å². The number of aliphatic hydroxyl groups is 1. The van der Waals surface area contributed by atoms with Crippen LogP contribution in [0.1, 0.15) is 43.5 Å². The smallest absolute Gasteiger partial charge is 0.295 e. The SMILES string of the molecule is CCOc1ccc([C@@H]2/C(=C(\O)c3ccc(OC)c(C)c3)C(=O)C(=O)N2CCN(CC)CC)cc1OC. The number of ketones is 1. The number of likely N-dealkylation sites (tertiary alicyclic amines) is 1. The molecule has 1 aliphatic heterocycles. The molecule has 1 aliphatic rings. The number of hydrogen-bond acceptors (Lipinski definition) is 7. The molecule has 0 saturated carbocycles. The Balaban J connectivity index is 2.16. The van der Waals surface area contributed by atoms with E-state index in [2.05, 4.69) is 18.7 Å². The first-order valence-corrected chi connectivity index (χ1v) is 12.3. The van der Waals surface area contributed by atoms with Crippen molar-refractivity contribution in [3.05, 3.63) is 58.7 Å². The number of aliphatic hydroxyl groups excluding tert-OH is 1. The van der Waals surface area contributed by atoms with Crippen LogP contribution in [0.5, 0.6) is 17.2 Å². The number of carbonyl (C=O) groups is 2. The lowest BCUT2D eigenvalue weighted by atomic mass is 9.94. The number of likely N-dealkylation sites (N-methyl/N-ethyl adjacent to an activating group) is 1. The molecule has 1 amide bonds. The zero-order valence-corrected chi connectivity index (χ0v) is 22.0. The van der Waals surface area contributed by atoms with E-state index < -0.39 is 17.7 Å². The van der Waals surface area contributed by atoms with Gasteiger partial charge in [-0.05, 0) is 68.4 Å². The maximum atomic E-state index is 13.3. The summed E-state index contributed by atoms with van der Waals surface area (Å²) in [5.41, 5.74) is 1.95. The molecule has 194 valence electrons. The Morgan fingerprint density at radius 3 is 2.22 bits per heavy atom. The highest BCUT2D eigenvalue weighted by Gasteiger charge is 2.46. The van der Waals surface area contributed by atoms with E-state index in [0.717, 1.165) is 18.7 Å². The number of aryl methyl sites for hydroxylation is 1. The topological polar surface area (TPSA) is 88.5 Å². The Morgan fingerprint density at radius 2 is 1.64 bits per heavy atom. The molecule has 3 rings (SSSR count). The first kappa shape index (κ1) is 27.1. The van der Waals surface area contributed by atoms with Crippen LogP contribution in [0.15, 0.2) is 42.0 Å². The summed E-state index contributed by atoms with van der Waals surface area (Å²) in [6, 6.07) is 9.72. The van der Waals surface area contributed by atoms with Gasteiger partial charge in [-0.15, -0.1) is 0 Å². The minimum atomic E-state index is -0.771. The molecule has 0 aliphatic carbocycles. The number of carbonyl (C=O) groups excluding carboxylic acids is 2. The van der Waals surface area contributed by atoms with Crippen LogP contribution in [0.3, 0.4) is 0 Å². The van der Waals surface area contributed by atoms with Crippen molar-refractivity contribution in [2.45, 2.75) is 33.7 Å². The normalized spacial score (nSPS) is 17.1. The molecule has 0 unspecified atom stereocenters. The second-order valence-electron chi connectivity index (χ2n) is 8.55. The molecule has 1 fully saturated rings. The summed E-state index contributed by atoms with van der Waals surface area (Å²) < 4.78 is 16.5. The Kier molecular flexibility index (Phi) is 8.98. The fraction of sp³-hybridized carbons (Fsp3) is 0.429. The molecule has 1 atom stereocenters. The van der Waals surface area contributed by atoms with Crippen molar-refractivity contribution in [1.82, 2.24) is 9.80 Å². The predicted molar refractivity (Wildman–Crippen MR) is 139 cm³/mol. The monoisotopic (exact) mass is 496 g/mol. The maximum absolute atomic E-state index is 13.3. The first-order valence-electron chi connectivity index (χ1n) is 12.3. The molecule has 8 nitrogen and oxygen atoms in total. The van der Waals surface area contributed by atoms with Gasteiger partial charge in [0.2, 0.25) is 0 Å². The van der Waals surface area contributed by atoms with Crippen LogP contribution in [-0.2, 0) is 9.59 Å². The first-order chi connectivity index (χ1) is 17.3. The highest BCUT2D eigenvalue weighted by Crippen LogP contribution is 2.42. The number of ether oxygens (including phenoxy) is 3. The third-order valence-electron chi connectivity index (χ3n) is 6.56. The Morgan fingerprint density at radius 1 is 0.972 bits per heavy atom. The van der Waals surface area contributed by atoms with E-state index >= 15 is 0 Å². The van der Waals surface area contributed by atoms with Crippen LogP contribution in [0, 0.1) is 6.92 Å². The average Bonchev–Trinajstić information content (AvgIpc) is 3.14. The van der Waals surface area contributed by atoms with Gasteiger partial charge in [0.05, 0.1) is 32.4 Å². The number of amides is 1. The van der Waals surface area contributed by atoms with Crippen molar-refractivity contribution in [2.24, 2.45) is 0 Å². The standard InChI is InChI=1S/C28H36N2O6/c1-7-29(8-2)14-15-30-25(19-10-13-22(36-9-3)23(17-19)35-6)24(27(32)28(30)33)26(31)20-11-12-21(34-5)18(4)16-20/h10-13,16-17,25,31H,7-9,14-15H2,1-6H3/b26-24+/t25-/m1/s1. The predicted octanol–water partition coefficient (Wildman–Crippen LogP) is 4.17. The molecule has 2 aromatic rings. The van der Waals surface area contributed by atoms with Crippen molar-refractivity contribution in [1.29, 1.82) is 0 Å². The average molecular weight is 497 g/mol. The van der Waals surface area contributed by atoms with Crippen LogP contribution in [0.25, 0.3) is 5.76 Å². The summed E-state index contributed by atoms with van der Waals surface area (Å²) in [6.07, 6.45) is 0. The molecular weight excluding hydrogens is 460 g/mol. The highest BCUT2D eigenvalue weighted by atomic mass is 16.5. The van der Waals surface area contributed by atoms with Gasteiger partial charge in [0.1, 0.15) is 11.5 Å². The van der Waals surface area contributed by atoms with Gasteiger partial charge in [-0.2, -0.15) is 0 Å². The van der Waals surface area contributed by atoms with Gasteiger partial charge in [0.15, 0.2) is 11.5 Å². The maximum Gasteiger partial charge on any atom is 0.295 e.